The molecule has 0 aliphatic heterocycles. The van der Waals surface area contributed by atoms with E-state index in [-0.39, 0.29) is 0 Å². The molecule has 102 valence electrons. The molecule has 1 rings (SSSR count). The average molecular weight is 250 g/mol. The van der Waals surface area contributed by atoms with Crippen molar-refractivity contribution in [2.75, 3.05) is 25.0 Å². The quantitative estimate of drug-likeness (QED) is 0.806. The first kappa shape index (κ1) is 14.9. The second-order valence-electron chi connectivity index (χ2n) is 4.95. The minimum atomic E-state index is 0.667. The van der Waals surface area contributed by atoms with Gasteiger partial charge in [0.05, 0.1) is 0 Å². The molecule has 0 spiro atoms. The van der Waals surface area contributed by atoms with Crippen LogP contribution in [0.4, 0.5) is 5.95 Å². The van der Waals surface area contributed by atoms with Gasteiger partial charge in [0.25, 0.3) is 0 Å². The van der Waals surface area contributed by atoms with Gasteiger partial charge in [0, 0.05) is 37.6 Å². The number of nitrogens with one attached hydrogen (secondary N) is 1. The molecule has 1 N–H and O–H groups in total. The summed E-state index contributed by atoms with van der Waals surface area (Å²) in [5, 5.41) is 3.30. The summed E-state index contributed by atoms with van der Waals surface area (Å²) < 4.78 is 0. The highest BCUT2D eigenvalue weighted by Gasteiger charge is 2.09. The molecule has 4 nitrogen and oxygen atoms in total. The van der Waals surface area contributed by atoms with Crippen molar-refractivity contribution < 1.29 is 0 Å². The summed E-state index contributed by atoms with van der Waals surface area (Å²) in [5.41, 5.74) is 2.24. The van der Waals surface area contributed by atoms with Crippen LogP contribution in [0.3, 0.4) is 0 Å². The third kappa shape index (κ3) is 4.26. The summed E-state index contributed by atoms with van der Waals surface area (Å²) in [6, 6.07) is 0. The molecule has 18 heavy (non-hydrogen) atoms. The fourth-order valence-corrected chi connectivity index (χ4v) is 1.78. The Balaban J connectivity index is 2.70. The number of hydrogen-bond acceptors (Lipinski definition) is 4. The lowest BCUT2D eigenvalue weighted by molar-refractivity contribution is 0.554. The fourth-order valence-electron chi connectivity index (χ4n) is 1.78. The van der Waals surface area contributed by atoms with E-state index in [1.165, 1.54) is 12.0 Å². The SMILES string of the molecule is CCNCc1cnc(N(C)CC(C)CC)nc1C. The molecule has 1 aromatic rings. The normalized spacial score (nSPS) is 12.5. The zero-order valence-electron chi connectivity index (χ0n) is 12.3. The van der Waals surface area contributed by atoms with Crippen molar-refractivity contribution in [1.82, 2.24) is 15.3 Å². The van der Waals surface area contributed by atoms with Gasteiger partial charge in [0.1, 0.15) is 0 Å². The van der Waals surface area contributed by atoms with E-state index in [9.17, 15) is 0 Å². The second kappa shape index (κ2) is 7.31. The van der Waals surface area contributed by atoms with E-state index in [4.69, 9.17) is 0 Å². The molecule has 0 aromatic carbocycles. The van der Waals surface area contributed by atoms with Gasteiger partial charge in [-0.05, 0) is 19.4 Å². The lowest BCUT2D eigenvalue weighted by Crippen LogP contribution is -2.26. The summed E-state index contributed by atoms with van der Waals surface area (Å²) in [6.45, 7) is 11.4. The first-order valence-electron chi connectivity index (χ1n) is 6.82. The smallest absolute Gasteiger partial charge is 0.225 e. The number of nitrogens with zero attached hydrogens (tertiary/aromatic N) is 3. The topological polar surface area (TPSA) is 41.1 Å². The van der Waals surface area contributed by atoms with E-state index in [1.807, 2.05) is 6.20 Å². The molecule has 0 saturated carbocycles. The molecular weight excluding hydrogens is 224 g/mol. The van der Waals surface area contributed by atoms with Gasteiger partial charge in [0.15, 0.2) is 0 Å². The van der Waals surface area contributed by atoms with E-state index in [1.54, 1.807) is 0 Å². The standard InChI is InChI=1S/C14H26N4/c1-6-11(3)10-18(5)14-16-9-13(8-15-7-2)12(4)17-14/h9,11,15H,6-8,10H2,1-5H3. The molecular formula is C14H26N4. The van der Waals surface area contributed by atoms with Crippen molar-refractivity contribution >= 4 is 5.95 Å². The minimum absolute atomic E-state index is 0.667. The van der Waals surface area contributed by atoms with Gasteiger partial charge in [-0.15, -0.1) is 0 Å². The van der Waals surface area contributed by atoms with Gasteiger partial charge < -0.3 is 10.2 Å². The number of rotatable bonds is 7. The van der Waals surface area contributed by atoms with E-state index in [0.29, 0.717) is 5.92 Å². The van der Waals surface area contributed by atoms with Crippen LogP contribution in [0.5, 0.6) is 0 Å². The Morgan fingerprint density at radius 3 is 2.67 bits per heavy atom. The van der Waals surface area contributed by atoms with E-state index in [2.05, 4.69) is 54.9 Å². The monoisotopic (exact) mass is 250 g/mol. The number of aryl methyl sites for hydroxylation is 1. The fraction of sp³-hybridized carbons (Fsp3) is 0.714. The third-order valence-electron chi connectivity index (χ3n) is 3.26. The van der Waals surface area contributed by atoms with Crippen molar-refractivity contribution in [2.45, 2.75) is 40.7 Å². The Bertz CT molecular complexity index is 365. The molecule has 1 aromatic heterocycles. The highest BCUT2D eigenvalue weighted by molar-refractivity contribution is 5.31. The van der Waals surface area contributed by atoms with Crippen LogP contribution in [-0.2, 0) is 6.54 Å². The Labute approximate surface area is 111 Å². The Kier molecular flexibility index (Phi) is 6.05. The Hall–Kier alpha value is -1.16. The van der Waals surface area contributed by atoms with Gasteiger partial charge in [-0.25, -0.2) is 9.97 Å². The van der Waals surface area contributed by atoms with Crippen molar-refractivity contribution in [3.05, 3.63) is 17.5 Å². The van der Waals surface area contributed by atoms with Crippen molar-refractivity contribution in [2.24, 2.45) is 5.92 Å². The lowest BCUT2D eigenvalue weighted by Gasteiger charge is -2.21. The van der Waals surface area contributed by atoms with Gasteiger partial charge in [-0.1, -0.05) is 27.2 Å². The lowest BCUT2D eigenvalue weighted by atomic mass is 10.1. The summed E-state index contributed by atoms with van der Waals surface area (Å²) in [4.78, 5) is 11.2. The van der Waals surface area contributed by atoms with Crippen LogP contribution in [-0.4, -0.2) is 30.1 Å². The van der Waals surface area contributed by atoms with Gasteiger partial charge in [0.2, 0.25) is 5.95 Å². The molecule has 1 heterocycles. The maximum Gasteiger partial charge on any atom is 0.225 e. The number of anilines is 1. The summed E-state index contributed by atoms with van der Waals surface area (Å²) in [7, 11) is 2.06. The van der Waals surface area contributed by atoms with Crippen LogP contribution < -0.4 is 10.2 Å². The van der Waals surface area contributed by atoms with Crippen LogP contribution in [0.1, 0.15) is 38.4 Å². The van der Waals surface area contributed by atoms with Gasteiger partial charge in [-0.3, -0.25) is 0 Å². The maximum absolute atomic E-state index is 4.59. The average Bonchev–Trinajstić information content (AvgIpc) is 2.37. The molecule has 4 heteroatoms. The van der Waals surface area contributed by atoms with Crippen molar-refractivity contribution in [3.8, 4) is 0 Å². The highest BCUT2D eigenvalue weighted by atomic mass is 15.2. The summed E-state index contributed by atoms with van der Waals surface area (Å²) in [6.07, 6.45) is 3.12. The summed E-state index contributed by atoms with van der Waals surface area (Å²) in [5.74, 6) is 1.49. The Morgan fingerprint density at radius 2 is 2.11 bits per heavy atom. The first-order chi connectivity index (χ1) is 8.58. The molecule has 0 radical (unpaired) electrons. The highest BCUT2D eigenvalue weighted by Crippen LogP contribution is 2.12. The third-order valence-corrected chi connectivity index (χ3v) is 3.26. The van der Waals surface area contributed by atoms with E-state index >= 15 is 0 Å². The molecule has 0 fully saturated rings. The zero-order valence-corrected chi connectivity index (χ0v) is 12.3. The molecule has 0 bridgehead atoms. The van der Waals surface area contributed by atoms with Gasteiger partial charge >= 0.3 is 0 Å². The number of hydrogen-bond donors (Lipinski definition) is 1. The van der Waals surface area contributed by atoms with Crippen LogP contribution in [0.2, 0.25) is 0 Å². The molecule has 1 atom stereocenters. The van der Waals surface area contributed by atoms with E-state index in [0.717, 1.165) is 31.3 Å². The van der Waals surface area contributed by atoms with Gasteiger partial charge in [-0.2, -0.15) is 0 Å². The molecule has 1 unspecified atom stereocenters. The first-order valence-corrected chi connectivity index (χ1v) is 6.82. The molecule has 0 saturated heterocycles. The van der Waals surface area contributed by atoms with Crippen LogP contribution in [0.25, 0.3) is 0 Å². The second-order valence-corrected chi connectivity index (χ2v) is 4.95. The largest absolute Gasteiger partial charge is 0.344 e. The zero-order chi connectivity index (χ0) is 13.5. The maximum atomic E-state index is 4.59. The van der Waals surface area contributed by atoms with Crippen molar-refractivity contribution in [1.29, 1.82) is 0 Å². The van der Waals surface area contributed by atoms with Crippen molar-refractivity contribution in [3.63, 3.8) is 0 Å². The summed E-state index contributed by atoms with van der Waals surface area (Å²) >= 11 is 0. The molecule has 0 aliphatic carbocycles. The van der Waals surface area contributed by atoms with Crippen LogP contribution in [0.15, 0.2) is 6.20 Å². The molecule has 0 aliphatic rings. The predicted molar refractivity (Wildman–Crippen MR) is 76.9 cm³/mol. The Morgan fingerprint density at radius 1 is 1.39 bits per heavy atom. The van der Waals surface area contributed by atoms with Crippen LogP contribution in [0, 0.1) is 12.8 Å². The van der Waals surface area contributed by atoms with E-state index < -0.39 is 0 Å². The predicted octanol–water partition coefficient (Wildman–Crippen LogP) is 2.38. The minimum Gasteiger partial charge on any atom is -0.344 e. The number of aromatic nitrogens is 2. The molecule has 0 amide bonds. The van der Waals surface area contributed by atoms with Crippen LogP contribution >= 0.6 is 0 Å².